The lowest BCUT2D eigenvalue weighted by atomic mass is 9.95. The molecule has 0 radical (unpaired) electrons. The highest BCUT2D eigenvalue weighted by atomic mass is 16.7. The highest BCUT2D eigenvalue weighted by Crippen LogP contribution is 2.45. The van der Waals surface area contributed by atoms with Crippen LogP contribution in [0.3, 0.4) is 0 Å². The smallest absolute Gasteiger partial charge is 0.189 e. The van der Waals surface area contributed by atoms with Crippen molar-refractivity contribution in [3.8, 4) is 17.2 Å². The van der Waals surface area contributed by atoms with E-state index in [-0.39, 0.29) is 18.6 Å². The number of fused-ring (bicyclic) bond motifs is 1. The summed E-state index contributed by atoms with van der Waals surface area (Å²) in [6.45, 7) is 7.02. The monoisotopic (exact) mass is 296 g/mol. The normalized spacial score (nSPS) is 17.2. The largest absolute Gasteiger partial charge is 0.504 e. The number of rotatable bonds is 6. The van der Waals surface area contributed by atoms with Crippen LogP contribution < -0.4 is 9.47 Å². The lowest BCUT2D eigenvalue weighted by Gasteiger charge is -2.28. The molecule has 21 heavy (non-hydrogen) atoms. The summed E-state index contributed by atoms with van der Waals surface area (Å²) in [5, 5.41) is 10.4. The van der Waals surface area contributed by atoms with Gasteiger partial charge in [-0.15, -0.1) is 0 Å². The number of phenolic OH excluding ortho intramolecular Hbond substituents is 1. The summed E-state index contributed by atoms with van der Waals surface area (Å²) in [5.41, 5.74) is 2.74. The Labute approximate surface area is 125 Å². The van der Waals surface area contributed by atoms with Crippen molar-refractivity contribution in [2.45, 2.75) is 39.7 Å². The molecule has 2 rings (SSSR count). The lowest BCUT2D eigenvalue weighted by Crippen LogP contribution is -2.20. The van der Waals surface area contributed by atoms with Crippen LogP contribution in [-0.4, -0.2) is 38.3 Å². The highest BCUT2D eigenvalue weighted by Gasteiger charge is 2.26. The first-order valence-electron chi connectivity index (χ1n) is 7.27. The Kier molecular flexibility index (Phi) is 5.31. The van der Waals surface area contributed by atoms with Crippen molar-refractivity contribution in [1.29, 1.82) is 0 Å². The Balaban J connectivity index is 2.17. The van der Waals surface area contributed by atoms with Crippen LogP contribution in [0.4, 0.5) is 0 Å². The number of hydrogen-bond acceptors (Lipinski definition) is 5. The maximum Gasteiger partial charge on any atom is 0.189 e. The van der Waals surface area contributed by atoms with Crippen molar-refractivity contribution in [2.24, 2.45) is 0 Å². The number of benzene rings is 1. The van der Waals surface area contributed by atoms with Gasteiger partial charge in [0.15, 0.2) is 18.3 Å². The van der Waals surface area contributed by atoms with Gasteiger partial charge in [0.2, 0.25) is 0 Å². The van der Waals surface area contributed by atoms with Gasteiger partial charge in [0.25, 0.3) is 0 Å². The molecule has 1 aromatic carbocycles. The summed E-state index contributed by atoms with van der Waals surface area (Å²) in [6.07, 6.45) is 1.87. The van der Waals surface area contributed by atoms with E-state index in [1.165, 1.54) is 0 Å². The Morgan fingerprint density at radius 2 is 2.00 bits per heavy atom. The summed E-state index contributed by atoms with van der Waals surface area (Å²) in [5.74, 6) is 1.47. The fourth-order valence-electron chi connectivity index (χ4n) is 2.47. The van der Waals surface area contributed by atoms with Crippen LogP contribution in [0.5, 0.6) is 17.2 Å². The zero-order chi connectivity index (χ0) is 15.4. The minimum absolute atomic E-state index is 0.0905. The number of hydrogen-bond donors (Lipinski definition) is 1. The predicted molar refractivity (Wildman–Crippen MR) is 79.3 cm³/mol. The van der Waals surface area contributed by atoms with Gasteiger partial charge in [-0.05, 0) is 39.2 Å². The molecule has 1 atom stereocenters. The van der Waals surface area contributed by atoms with Gasteiger partial charge in [-0.25, -0.2) is 0 Å². The van der Waals surface area contributed by atoms with E-state index < -0.39 is 0 Å². The van der Waals surface area contributed by atoms with Crippen molar-refractivity contribution in [3.05, 3.63) is 16.7 Å². The summed E-state index contributed by atoms with van der Waals surface area (Å²) in [7, 11) is 1.62. The second-order valence-electron chi connectivity index (χ2n) is 5.37. The second kappa shape index (κ2) is 7.00. The molecular formula is C16H24O5. The minimum Gasteiger partial charge on any atom is -0.504 e. The zero-order valence-corrected chi connectivity index (χ0v) is 13.2. The van der Waals surface area contributed by atoms with E-state index in [1.807, 2.05) is 20.8 Å². The first kappa shape index (κ1) is 15.9. The van der Waals surface area contributed by atoms with Crippen molar-refractivity contribution in [1.82, 2.24) is 0 Å². The maximum atomic E-state index is 10.4. The van der Waals surface area contributed by atoms with Crippen LogP contribution in [0.15, 0.2) is 0 Å². The van der Waals surface area contributed by atoms with Crippen LogP contribution in [0.1, 0.15) is 30.0 Å². The summed E-state index contributed by atoms with van der Waals surface area (Å²) < 4.78 is 21.7. The molecular weight excluding hydrogens is 272 g/mol. The topological polar surface area (TPSA) is 57.2 Å². The van der Waals surface area contributed by atoms with Crippen molar-refractivity contribution < 1.29 is 24.1 Å². The Hall–Kier alpha value is -1.46. The van der Waals surface area contributed by atoms with Crippen LogP contribution in [0, 0.1) is 13.8 Å². The molecule has 0 spiro atoms. The zero-order valence-electron chi connectivity index (χ0n) is 13.2. The van der Waals surface area contributed by atoms with Gasteiger partial charge < -0.3 is 24.1 Å². The average Bonchev–Trinajstić information content (AvgIpc) is 2.47. The molecule has 0 aromatic heterocycles. The number of methoxy groups -OCH3 is 1. The molecule has 1 unspecified atom stereocenters. The van der Waals surface area contributed by atoms with E-state index in [0.29, 0.717) is 19.0 Å². The third-order valence-corrected chi connectivity index (χ3v) is 3.86. The lowest BCUT2D eigenvalue weighted by molar-refractivity contribution is -0.00993. The van der Waals surface area contributed by atoms with Gasteiger partial charge in [-0.2, -0.15) is 0 Å². The van der Waals surface area contributed by atoms with Crippen LogP contribution in [0.25, 0.3) is 0 Å². The molecule has 1 aliphatic heterocycles. The molecule has 0 saturated heterocycles. The molecule has 1 N–H and O–H groups in total. The number of aromatic hydroxyl groups is 1. The Bertz CT molecular complexity index is 498. The van der Waals surface area contributed by atoms with E-state index in [4.69, 9.17) is 18.9 Å². The molecule has 118 valence electrons. The Morgan fingerprint density at radius 3 is 2.71 bits per heavy atom. The summed E-state index contributed by atoms with van der Waals surface area (Å²) in [4.78, 5) is 0. The van der Waals surface area contributed by atoms with Gasteiger partial charge in [0.1, 0.15) is 5.75 Å². The molecule has 5 heteroatoms. The second-order valence-corrected chi connectivity index (χ2v) is 5.37. The molecule has 1 aromatic rings. The fraction of sp³-hybridized carbons (Fsp3) is 0.625. The maximum absolute atomic E-state index is 10.4. The van der Waals surface area contributed by atoms with E-state index >= 15 is 0 Å². The minimum atomic E-state index is 0.0905. The van der Waals surface area contributed by atoms with Crippen LogP contribution in [-0.2, 0) is 15.9 Å². The summed E-state index contributed by atoms with van der Waals surface area (Å²) >= 11 is 0. The van der Waals surface area contributed by atoms with Gasteiger partial charge in [-0.3, -0.25) is 0 Å². The van der Waals surface area contributed by atoms with Gasteiger partial charge >= 0.3 is 0 Å². The van der Waals surface area contributed by atoms with E-state index in [2.05, 4.69) is 0 Å². The first-order valence-corrected chi connectivity index (χ1v) is 7.27. The number of phenols is 1. The third kappa shape index (κ3) is 3.41. The molecule has 1 aliphatic rings. The van der Waals surface area contributed by atoms with Crippen LogP contribution >= 0.6 is 0 Å². The fourth-order valence-corrected chi connectivity index (χ4v) is 2.47. The summed E-state index contributed by atoms with van der Waals surface area (Å²) in [6, 6.07) is 0. The van der Waals surface area contributed by atoms with Crippen molar-refractivity contribution in [2.75, 3.05) is 27.1 Å². The number of ether oxygens (including phenoxy) is 4. The van der Waals surface area contributed by atoms with E-state index in [1.54, 1.807) is 7.11 Å². The van der Waals surface area contributed by atoms with Gasteiger partial charge in [-0.1, -0.05) is 0 Å². The highest BCUT2D eigenvalue weighted by molar-refractivity contribution is 5.62. The third-order valence-electron chi connectivity index (χ3n) is 3.86. The quantitative estimate of drug-likeness (QED) is 0.646. The molecule has 1 heterocycles. The molecule has 5 nitrogen and oxygen atoms in total. The SMILES string of the molecule is COCCOCOc1c(C)c(C)c2c(c1O)CCC(C)O2. The Morgan fingerprint density at radius 1 is 1.24 bits per heavy atom. The van der Waals surface area contributed by atoms with Crippen molar-refractivity contribution in [3.63, 3.8) is 0 Å². The standard InChI is InChI=1S/C16H24O5/c1-10-5-6-13-14(17)16(20-9-19-8-7-18-4)12(3)11(2)15(13)21-10/h10,17H,5-9H2,1-4H3. The molecule has 0 fully saturated rings. The average molecular weight is 296 g/mol. The molecule has 0 bridgehead atoms. The van der Waals surface area contributed by atoms with E-state index in [9.17, 15) is 5.11 Å². The van der Waals surface area contributed by atoms with Crippen molar-refractivity contribution >= 4 is 0 Å². The predicted octanol–water partition coefficient (Wildman–Crippen LogP) is 2.72. The molecule has 0 aliphatic carbocycles. The van der Waals surface area contributed by atoms with Gasteiger partial charge in [0, 0.05) is 18.2 Å². The molecule has 0 saturated carbocycles. The first-order chi connectivity index (χ1) is 10.1. The van der Waals surface area contributed by atoms with Gasteiger partial charge in [0.05, 0.1) is 19.3 Å². The molecule has 0 amide bonds. The van der Waals surface area contributed by atoms with E-state index in [0.717, 1.165) is 35.3 Å². The van der Waals surface area contributed by atoms with Crippen LogP contribution in [0.2, 0.25) is 0 Å².